The van der Waals surface area contributed by atoms with Gasteiger partial charge >= 0.3 is 0 Å². The SMILES string of the molecule is COc1ccccc1NC(=O)Cc1nc(-c2ccccc2OC)oc1C. The molecule has 0 aliphatic heterocycles. The Hall–Kier alpha value is -3.28. The van der Waals surface area contributed by atoms with E-state index in [-0.39, 0.29) is 12.3 Å². The number of oxazole rings is 1. The molecule has 0 fully saturated rings. The number of hydrogen-bond donors (Lipinski definition) is 1. The van der Waals surface area contributed by atoms with Gasteiger partial charge in [-0.2, -0.15) is 0 Å². The highest BCUT2D eigenvalue weighted by Gasteiger charge is 2.17. The Balaban J connectivity index is 1.78. The number of hydrogen-bond acceptors (Lipinski definition) is 5. The van der Waals surface area contributed by atoms with Gasteiger partial charge in [0.1, 0.15) is 17.3 Å². The lowest BCUT2D eigenvalue weighted by Gasteiger charge is -2.09. The number of ether oxygens (including phenoxy) is 2. The summed E-state index contributed by atoms with van der Waals surface area (Å²) in [5.41, 5.74) is 1.94. The van der Waals surface area contributed by atoms with Gasteiger partial charge in [-0.05, 0) is 31.2 Å². The van der Waals surface area contributed by atoms with Crippen molar-refractivity contribution in [3.05, 3.63) is 60.0 Å². The predicted molar refractivity (Wildman–Crippen MR) is 98.6 cm³/mol. The second-order valence-electron chi connectivity index (χ2n) is 5.65. The number of anilines is 1. The second kappa shape index (κ2) is 7.74. The zero-order valence-electron chi connectivity index (χ0n) is 14.9. The molecule has 0 unspecified atom stereocenters. The van der Waals surface area contributed by atoms with Gasteiger partial charge in [-0.15, -0.1) is 0 Å². The van der Waals surface area contributed by atoms with Crippen LogP contribution in [0.4, 0.5) is 5.69 Å². The van der Waals surface area contributed by atoms with Crippen LogP contribution in [-0.2, 0) is 11.2 Å². The van der Waals surface area contributed by atoms with Crippen molar-refractivity contribution in [2.45, 2.75) is 13.3 Å². The molecule has 3 aromatic rings. The van der Waals surface area contributed by atoms with Crippen LogP contribution in [0.3, 0.4) is 0 Å². The van der Waals surface area contributed by atoms with Gasteiger partial charge in [0.05, 0.1) is 37.6 Å². The van der Waals surface area contributed by atoms with Crippen molar-refractivity contribution >= 4 is 11.6 Å². The van der Waals surface area contributed by atoms with Crippen molar-refractivity contribution in [2.75, 3.05) is 19.5 Å². The zero-order valence-corrected chi connectivity index (χ0v) is 14.9. The quantitative estimate of drug-likeness (QED) is 0.729. The van der Waals surface area contributed by atoms with Crippen LogP contribution in [0.2, 0.25) is 0 Å². The maximum Gasteiger partial charge on any atom is 0.230 e. The van der Waals surface area contributed by atoms with Crippen LogP contribution in [0.25, 0.3) is 11.5 Å². The third-order valence-corrected chi connectivity index (χ3v) is 3.94. The molecule has 134 valence electrons. The molecule has 1 heterocycles. The summed E-state index contributed by atoms with van der Waals surface area (Å²) in [4.78, 5) is 16.9. The van der Waals surface area contributed by atoms with E-state index in [9.17, 15) is 4.79 Å². The molecule has 1 N–H and O–H groups in total. The number of rotatable bonds is 6. The normalized spacial score (nSPS) is 10.4. The number of benzene rings is 2. The van der Waals surface area contributed by atoms with Crippen molar-refractivity contribution < 1.29 is 18.7 Å². The first-order valence-corrected chi connectivity index (χ1v) is 8.15. The molecule has 0 saturated heterocycles. The van der Waals surface area contributed by atoms with E-state index in [0.717, 1.165) is 5.56 Å². The number of aromatic nitrogens is 1. The van der Waals surface area contributed by atoms with Crippen LogP contribution < -0.4 is 14.8 Å². The summed E-state index contributed by atoms with van der Waals surface area (Å²) in [6, 6.07) is 14.7. The molecule has 6 heteroatoms. The number of nitrogens with zero attached hydrogens (tertiary/aromatic N) is 1. The number of carbonyl (C=O) groups is 1. The summed E-state index contributed by atoms with van der Waals surface area (Å²) in [5.74, 6) is 2.10. The van der Waals surface area contributed by atoms with Gasteiger partial charge in [-0.25, -0.2) is 4.98 Å². The molecule has 0 radical (unpaired) electrons. The highest BCUT2D eigenvalue weighted by molar-refractivity contribution is 5.93. The molecule has 2 aromatic carbocycles. The Bertz CT molecular complexity index is 918. The lowest BCUT2D eigenvalue weighted by atomic mass is 10.2. The van der Waals surface area contributed by atoms with Gasteiger partial charge < -0.3 is 19.2 Å². The summed E-state index contributed by atoms with van der Waals surface area (Å²) < 4.78 is 16.3. The smallest absolute Gasteiger partial charge is 0.230 e. The number of nitrogens with one attached hydrogen (secondary N) is 1. The fourth-order valence-corrected chi connectivity index (χ4v) is 2.62. The van der Waals surface area contributed by atoms with E-state index < -0.39 is 0 Å². The maximum atomic E-state index is 12.4. The first kappa shape index (κ1) is 17.5. The van der Waals surface area contributed by atoms with Crippen molar-refractivity contribution in [3.8, 4) is 23.0 Å². The largest absolute Gasteiger partial charge is 0.496 e. The third-order valence-electron chi connectivity index (χ3n) is 3.94. The minimum atomic E-state index is -0.197. The summed E-state index contributed by atoms with van der Waals surface area (Å²) in [5, 5.41) is 2.84. The Morgan fingerprint density at radius 3 is 2.42 bits per heavy atom. The molecular formula is C20H20N2O4. The summed E-state index contributed by atoms with van der Waals surface area (Å²) >= 11 is 0. The van der Waals surface area contributed by atoms with Crippen molar-refractivity contribution in [1.82, 2.24) is 4.98 Å². The number of carbonyl (C=O) groups excluding carboxylic acids is 1. The summed E-state index contributed by atoms with van der Waals surface area (Å²) in [6.45, 7) is 1.79. The Morgan fingerprint density at radius 2 is 1.69 bits per heavy atom. The van der Waals surface area contributed by atoms with Crippen molar-refractivity contribution in [2.24, 2.45) is 0 Å². The van der Waals surface area contributed by atoms with Gasteiger partial charge in [0.15, 0.2) is 0 Å². The molecule has 0 bridgehead atoms. The first-order valence-electron chi connectivity index (χ1n) is 8.15. The van der Waals surface area contributed by atoms with Gasteiger partial charge in [-0.3, -0.25) is 4.79 Å². The number of para-hydroxylation sites is 3. The molecule has 0 aliphatic carbocycles. The van der Waals surface area contributed by atoms with Crippen LogP contribution >= 0.6 is 0 Å². The van der Waals surface area contributed by atoms with Crippen molar-refractivity contribution in [1.29, 1.82) is 0 Å². The topological polar surface area (TPSA) is 73.6 Å². The Labute approximate surface area is 151 Å². The standard InChI is InChI=1S/C20H20N2O4/c1-13-16(12-19(23)21-15-9-5-7-11-18(15)25-3)22-20(26-13)14-8-4-6-10-17(14)24-2/h4-11H,12H2,1-3H3,(H,21,23). The maximum absolute atomic E-state index is 12.4. The highest BCUT2D eigenvalue weighted by atomic mass is 16.5. The molecular weight excluding hydrogens is 332 g/mol. The average molecular weight is 352 g/mol. The molecule has 0 aliphatic rings. The molecule has 0 saturated carbocycles. The monoisotopic (exact) mass is 352 g/mol. The zero-order chi connectivity index (χ0) is 18.5. The lowest BCUT2D eigenvalue weighted by molar-refractivity contribution is -0.115. The Kier molecular flexibility index (Phi) is 5.22. The highest BCUT2D eigenvalue weighted by Crippen LogP contribution is 2.30. The van der Waals surface area contributed by atoms with E-state index in [4.69, 9.17) is 13.9 Å². The first-order chi connectivity index (χ1) is 12.6. The number of amides is 1. The number of methoxy groups -OCH3 is 2. The summed E-state index contributed by atoms with van der Waals surface area (Å²) in [7, 11) is 3.16. The van der Waals surface area contributed by atoms with Crippen LogP contribution in [0.5, 0.6) is 11.5 Å². The van der Waals surface area contributed by atoms with Gasteiger partial charge in [-0.1, -0.05) is 24.3 Å². The van der Waals surface area contributed by atoms with E-state index in [1.807, 2.05) is 36.4 Å². The average Bonchev–Trinajstić information content (AvgIpc) is 3.02. The second-order valence-corrected chi connectivity index (χ2v) is 5.65. The molecule has 1 aromatic heterocycles. The van der Waals surface area contributed by atoms with Crippen LogP contribution in [0, 0.1) is 6.92 Å². The van der Waals surface area contributed by atoms with Gasteiger partial charge in [0, 0.05) is 0 Å². The fraction of sp³-hybridized carbons (Fsp3) is 0.200. The van der Waals surface area contributed by atoms with Crippen molar-refractivity contribution in [3.63, 3.8) is 0 Å². The van der Waals surface area contributed by atoms with E-state index in [2.05, 4.69) is 10.3 Å². The summed E-state index contributed by atoms with van der Waals surface area (Å²) in [6.07, 6.45) is 0.0997. The minimum absolute atomic E-state index is 0.0997. The fourth-order valence-electron chi connectivity index (χ4n) is 2.62. The molecule has 3 rings (SSSR count). The number of aryl methyl sites for hydroxylation is 1. The molecule has 26 heavy (non-hydrogen) atoms. The van der Waals surface area contributed by atoms with Crippen LogP contribution in [-0.4, -0.2) is 25.1 Å². The Morgan fingerprint density at radius 1 is 1.04 bits per heavy atom. The predicted octanol–water partition coefficient (Wildman–Crippen LogP) is 3.85. The minimum Gasteiger partial charge on any atom is -0.496 e. The molecule has 1 amide bonds. The third kappa shape index (κ3) is 3.69. The van der Waals surface area contributed by atoms with E-state index in [0.29, 0.717) is 34.5 Å². The van der Waals surface area contributed by atoms with Gasteiger partial charge in [0.2, 0.25) is 11.8 Å². The molecule has 6 nitrogen and oxygen atoms in total. The van der Waals surface area contributed by atoms with E-state index in [1.165, 1.54) is 0 Å². The van der Waals surface area contributed by atoms with Crippen LogP contribution in [0.15, 0.2) is 52.9 Å². The lowest BCUT2D eigenvalue weighted by Crippen LogP contribution is -2.15. The molecule has 0 atom stereocenters. The van der Waals surface area contributed by atoms with E-state index >= 15 is 0 Å². The molecule has 0 spiro atoms. The van der Waals surface area contributed by atoms with Gasteiger partial charge in [0.25, 0.3) is 0 Å². The van der Waals surface area contributed by atoms with E-state index in [1.54, 1.807) is 33.3 Å². The van der Waals surface area contributed by atoms with Crippen LogP contribution in [0.1, 0.15) is 11.5 Å².